The molecule has 0 spiro atoms. The summed E-state index contributed by atoms with van der Waals surface area (Å²) >= 11 is 0. The molecule has 0 bridgehead atoms. The second-order valence-corrected chi connectivity index (χ2v) is 1.77. The van der Waals surface area contributed by atoms with Gasteiger partial charge in [0.1, 0.15) is 0 Å². The van der Waals surface area contributed by atoms with Crippen molar-refractivity contribution in [2.45, 2.75) is 13.8 Å². The van der Waals surface area contributed by atoms with Crippen LogP contribution in [0.2, 0.25) is 0 Å². The summed E-state index contributed by atoms with van der Waals surface area (Å²) in [6, 6.07) is -0.653. The number of hydrogen-bond acceptors (Lipinski definition) is 2. The Morgan fingerprint density at radius 3 is 2.70 bits per heavy atom. The first-order valence-corrected chi connectivity index (χ1v) is 2.88. The molecule has 3 N–H and O–H groups in total. The molecule has 0 unspecified atom stereocenters. The fraction of sp³-hybridized carbons (Fsp3) is 0.333. The smallest absolute Gasteiger partial charge is 0.332 e. The molecular weight excluding hydrogens is 130 g/mol. The third-order valence-electron chi connectivity index (χ3n) is 0.898. The first-order chi connectivity index (χ1) is 4.66. The topological polar surface area (TPSA) is 67.5 Å². The maximum absolute atomic E-state index is 10.0. The van der Waals surface area contributed by atoms with E-state index in [-0.39, 0.29) is 0 Å². The molecule has 0 aliphatic heterocycles. The third-order valence-corrected chi connectivity index (χ3v) is 0.898. The fourth-order valence-corrected chi connectivity index (χ4v) is 0.272. The van der Waals surface area contributed by atoms with Gasteiger partial charge in [-0.25, -0.2) is 10.2 Å². The van der Waals surface area contributed by atoms with Gasteiger partial charge in [-0.1, -0.05) is 6.08 Å². The van der Waals surface area contributed by atoms with Crippen LogP contribution in [0.5, 0.6) is 0 Å². The molecule has 0 aromatic carbocycles. The van der Waals surface area contributed by atoms with Crippen LogP contribution in [0, 0.1) is 0 Å². The number of hydrazone groups is 1. The van der Waals surface area contributed by atoms with Crippen molar-refractivity contribution >= 4 is 12.2 Å². The fourth-order valence-electron chi connectivity index (χ4n) is 0.272. The molecule has 0 fully saturated rings. The molecule has 0 heterocycles. The molecule has 4 heteroatoms. The van der Waals surface area contributed by atoms with E-state index in [4.69, 9.17) is 5.73 Å². The summed E-state index contributed by atoms with van der Waals surface area (Å²) < 4.78 is 0. The predicted molar refractivity (Wildman–Crippen MR) is 40.6 cm³/mol. The lowest BCUT2D eigenvalue weighted by Gasteiger charge is -1.89. The standard InChI is InChI=1S/C6H11N3O/c1-3-5(2)4-8-9-6(7)10/h3-4H,1-2H3,(H3,7,9,10)/b5-3+,8-4+. The van der Waals surface area contributed by atoms with Gasteiger partial charge >= 0.3 is 6.03 Å². The van der Waals surface area contributed by atoms with Crippen LogP contribution < -0.4 is 11.2 Å². The number of carbonyl (C=O) groups excluding carboxylic acids is 1. The van der Waals surface area contributed by atoms with Gasteiger partial charge in [0.15, 0.2) is 0 Å². The Hall–Kier alpha value is -1.32. The molecule has 0 saturated carbocycles. The van der Waals surface area contributed by atoms with Crippen molar-refractivity contribution < 1.29 is 4.79 Å². The van der Waals surface area contributed by atoms with Gasteiger partial charge in [0.25, 0.3) is 0 Å². The molecule has 0 rings (SSSR count). The van der Waals surface area contributed by atoms with E-state index in [0.717, 1.165) is 5.57 Å². The molecule has 4 nitrogen and oxygen atoms in total. The average Bonchev–Trinajstić information content (AvgIpc) is 1.87. The molecule has 0 aliphatic rings. The van der Waals surface area contributed by atoms with Crippen molar-refractivity contribution in [1.82, 2.24) is 5.43 Å². The lowest BCUT2D eigenvalue weighted by atomic mass is 10.3. The van der Waals surface area contributed by atoms with Crippen molar-refractivity contribution in [2.24, 2.45) is 10.8 Å². The largest absolute Gasteiger partial charge is 0.350 e. The van der Waals surface area contributed by atoms with E-state index in [1.54, 1.807) is 0 Å². The first-order valence-electron chi connectivity index (χ1n) is 2.88. The summed E-state index contributed by atoms with van der Waals surface area (Å²) in [7, 11) is 0. The normalized spacial score (nSPS) is 12.0. The van der Waals surface area contributed by atoms with E-state index in [1.807, 2.05) is 19.9 Å². The molecule has 0 atom stereocenters. The lowest BCUT2D eigenvalue weighted by Crippen LogP contribution is -2.24. The summed E-state index contributed by atoms with van der Waals surface area (Å²) in [4.78, 5) is 10.0. The van der Waals surface area contributed by atoms with Crippen molar-refractivity contribution in [3.8, 4) is 0 Å². The summed E-state index contributed by atoms with van der Waals surface area (Å²) in [6.45, 7) is 3.75. The minimum atomic E-state index is -0.653. The van der Waals surface area contributed by atoms with Gasteiger partial charge in [-0.15, -0.1) is 0 Å². The zero-order valence-corrected chi connectivity index (χ0v) is 6.09. The first kappa shape index (κ1) is 8.68. The molecule has 0 radical (unpaired) electrons. The van der Waals surface area contributed by atoms with Crippen molar-refractivity contribution in [3.63, 3.8) is 0 Å². The van der Waals surface area contributed by atoms with Crippen molar-refractivity contribution in [3.05, 3.63) is 11.6 Å². The van der Waals surface area contributed by atoms with Crippen LogP contribution in [-0.2, 0) is 0 Å². The molecule has 10 heavy (non-hydrogen) atoms. The van der Waals surface area contributed by atoms with Gasteiger partial charge in [0.05, 0.1) is 0 Å². The van der Waals surface area contributed by atoms with Crippen molar-refractivity contribution in [2.75, 3.05) is 0 Å². The number of primary amides is 1. The Balaban J connectivity index is 3.67. The minimum Gasteiger partial charge on any atom is -0.350 e. The Morgan fingerprint density at radius 1 is 1.70 bits per heavy atom. The quantitative estimate of drug-likeness (QED) is 0.429. The van der Waals surface area contributed by atoms with Gasteiger partial charge in [-0.2, -0.15) is 5.10 Å². The number of nitrogens with two attached hydrogens (primary N) is 1. The number of urea groups is 1. The van der Waals surface area contributed by atoms with E-state index in [1.165, 1.54) is 6.21 Å². The number of hydrogen-bond donors (Lipinski definition) is 2. The van der Waals surface area contributed by atoms with Crippen LogP contribution in [0.15, 0.2) is 16.8 Å². The summed E-state index contributed by atoms with van der Waals surface area (Å²) in [5.74, 6) is 0. The van der Waals surface area contributed by atoms with Gasteiger partial charge < -0.3 is 5.73 Å². The van der Waals surface area contributed by atoms with Gasteiger partial charge in [-0.3, -0.25) is 0 Å². The van der Waals surface area contributed by atoms with Crippen LogP contribution in [0.25, 0.3) is 0 Å². The molecule has 0 saturated heterocycles. The second kappa shape index (κ2) is 4.55. The van der Waals surface area contributed by atoms with E-state index >= 15 is 0 Å². The second-order valence-electron chi connectivity index (χ2n) is 1.77. The van der Waals surface area contributed by atoms with Gasteiger partial charge in [0.2, 0.25) is 0 Å². The highest BCUT2D eigenvalue weighted by molar-refractivity contribution is 5.79. The maximum atomic E-state index is 10.0. The van der Waals surface area contributed by atoms with Crippen molar-refractivity contribution in [1.29, 1.82) is 0 Å². The molecule has 0 aliphatic carbocycles. The maximum Gasteiger partial charge on any atom is 0.332 e. The Kier molecular flexibility index (Phi) is 3.95. The molecule has 2 amide bonds. The van der Waals surface area contributed by atoms with E-state index < -0.39 is 6.03 Å². The number of carbonyl (C=O) groups is 1. The highest BCUT2D eigenvalue weighted by Crippen LogP contribution is 1.83. The van der Waals surface area contributed by atoms with E-state index in [2.05, 4.69) is 10.5 Å². The zero-order chi connectivity index (χ0) is 7.98. The monoisotopic (exact) mass is 141 g/mol. The Morgan fingerprint density at radius 2 is 2.30 bits per heavy atom. The lowest BCUT2D eigenvalue weighted by molar-refractivity contribution is 0.249. The molecule has 0 aromatic heterocycles. The Labute approximate surface area is 59.8 Å². The summed E-state index contributed by atoms with van der Waals surface area (Å²) in [5.41, 5.74) is 7.78. The Bertz CT molecular complexity index is 172. The van der Waals surface area contributed by atoms with E-state index in [0.29, 0.717) is 0 Å². The SMILES string of the molecule is C/C=C(C)/C=N/NC(N)=O. The third kappa shape index (κ3) is 4.83. The van der Waals surface area contributed by atoms with E-state index in [9.17, 15) is 4.79 Å². The predicted octanol–water partition coefficient (Wildman–Crippen LogP) is 0.607. The number of rotatable bonds is 2. The number of allylic oxidation sites excluding steroid dienone is 2. The molecule has 0 aromatic rings. The van der Waals surface area contributed by atoms with Crippen LogP contribution in [-0.4, -0.2) is 12.2 Å². The summed E-state index contributed by atoms with van der Waals surface area (Å²) in [6.07, 6.45) is 3.39. The van der Waals surface area contributed by atoms with Crippen LogP contribution >= 0.6 is 0 Å². The average molecular weight is 141 g/mol. The van der Waals surface area contributed by atoms with Crippen LogP contribution in [0.4, 0.5) is 4.79 Å². The highest BCUT2D eigenvalue weighted by atomic mass is 16.2. The molecular formula is C6H11N3O. The summed E-state index contributed by atoms with van der Waals surface area (Å²) in [5, 5.41) is 3.52. The van der Waals surface area contributed by atoms with Crippen LogP contribution in [0.1, 0.15) is 13.8 Å². The zero-order valence-electron chi connectivity index (χ0n) is 6.09. The number of amides is 2. The van der Waals surface area contributed by atoms with Gasteiger partial charge in [-0.05, 0) is 19.4 Å². The van der Waals surface area contributed by atoms with Crippen LogP contribution in [0.3, 0.4) is 0 Å². The highest BCUT2D eigenvalue weighted by Gasteiger charge is 1.82. The number of nitrogens with zero attached hydrogens (tertiary/aromatic N) is 1. The minimum absolute atomic E-state index is 0.653. The molecule has 56 valence electrons. The number of nitrogens with one attached hydrogen (secondary N) is 1. The van der Waals surface area contributed by atoms with Gasteiger partial charge in [0, 0.05) is 6.21 Å².